The molecule has 0 saturated carbocycles. The van der Waals surface area contributed by atoms with Crippen LogP contribution in [0.15, 0.2) is 24.3 Å². The summed E-state index contributed by atoms with van der Waals surface area (Å²) >= 11 is 0. The van der Waals surface area contributed by atoms with Gasteiger partial charge >= 0.3 is 0 Å². The molecule has 110 valence electrons. The number of aryl methyl sites for hydroxylation is 1. The summed E-state index contributed by atoms with van der Waals surface area (Å²) in [6.45, 7) is 4.20. The lowest BCUT2D eigenvalue weighted by Gasteiger charge is -2.19. The zero-order valence-corrected chi connectivity index (χ0v) is 12.3. The molecule has 0 spiro atoms. The van der Waals surface area contributed by atoms with E-state index in [1.165, 1.54) is 0 Å². The van der Waals surface area contributed by atoms with E-state index in [-0.39, 0.29) is 17.8 Å². The van der Waals surface area contributed by atoms with Gasteiger partial charge in [-0.15, -0.1) is 0 Å². The predicted octanol–water partition coefficient (Wildman–Crippen LogP) is 3.00. The van der Waals surface area contributed by atoms with Crippen LogP contribution in [0.2, 0.25) is 0 Å². The summed E-state index contributed by atoms with van der Waals surface area (Å²) in [5.41, 5.74) is 1.99. The lowest BCUT2D eigenvalue weighted by Crippen LogP contribution is -2.25. The molecule has 1 aliphatic carbocycles. The van der Waals surface area contributed by atoms with Crippen molar-refractivity contribution in [2.45, 2.75) is 51.7 Å². The van der Waals surface area contributed by atoms with Crippen molar-refractivity contribution in [2.24, 2.45) is 5.92 Å². The highest BCUT2D eigenvalue weighted by Crippen LogP contribution is 2.27. The molecule has 1 aromatic rings. The second-order valence-corrected chi connectivity index (χ2v) is 5.88. The molecule has 1 N–H and O–H groups in total. The fourth-order valence-corrected chi connectivity index (χ4v) is 2.79. The number of ether oxygens (including phenoxy) is 1. The smallest absolute Gasteiger partial charge is 0.166 e. The molecule has 0 aliphatic heterocycles. The van der Waals surface area contributed by atoms with Crippen LogP contribution in [-0.2, 0) is 11.2 Å². The summed E-state index contributed by atoms with van der Waals surface area (Å²) in [6, 6.07) is 7.84. The van der Waals surface area contributed by atoms with E-state index in [1.807, 2.05) is 38.1 Å². The van der Waals surface area contributed by atoms with E-state index in [1.54, 1.807) is 0 Å². The standard InChI is InChI=1S/C17H24O3/c1-12(2)20-11-15(18)10-14-8-5-7-13-6-3-4-9-16(13)17(14)19/h3-4,6,9,12,14-15,18H,5,7-8,10-11H2,1-2H3. The molecule has 2 unspecified atom stereocenters. The van der Waals surface area contributed by atoms with Crippen molar-refractivity contribution in [2.75, 3.05) is 6.61 Å². The number of benzene rings is 1. The third-order valence-corrected chi connectivity index (χ3v) is 3.83. The van der Waals surface area contributed by atoms with Crippen LogP contribution in [0.25, 0.3) is 0 Å². The Balaban J connectivity index is 2.01. The van der Waals surface area contributed by atoms with Gasteiger partial charge in [-0.2, -0.15) is 0 Å². The van der Waals surface area contributed by atoms with Gasteiger partial charge in [0, 0.05) is 11.5 Å². The third kappa shape index (κ3) is 3.90. The van der Waals surface area contributed by atoms with Crippen LogP contribution >= 0.6 is 0 Å². The Bertz CT molecular complexity index is 453. The first-order chi connectivity index (χ1) is 9.58. The fourth-order valence-electron chi connectivity index (χ4n) is 2.79. The summed E-state index contributed by atoms with van der Waals surface area (Å²) in [5, 5.41) is 10.0. The Hall–Kier alpha value is -1.19. The van der Waals surface area contributed by atoms with Gasteiger partial charge in [0.25, 0.3) is 0 Å². The molecular formula is C17H24O3. The highest BCUT2D eigenvalue weighted by molar-refractivity contribution is 5.99. The maximum Gasteiger partial charge on any atom is 0.166 e. The summed E-state index contributed by atoms with van der Waals surface area (Å²) < 4.78 is 5.42. The zero-order valence-electron chi connectivity index (χ0n) is 12.3. The number of aliphatic hydroxyl groups excluding tert-OH is 1. The lowest BCUT2D eigenvalue weighted by atomic mass is 9.90. The van der Waals surface area contributed by atoms with Crippen LogP contribution in [0.4, 0.5) is 0 Å². The second-order valence-electron chi connectivity index (χ2n) is 5.88. The van der Waals surface area contributed by atoms with Gasteiger partial charge in [-0.1, -0.05) is 24.3 Å². The van der Waals surface area contributed by atoms with Crippen LogP contribution in [0, 0.1) is 5.92 Å². The summed E-state index contributed by atoms with van der Waals surface area (Å²) in [5.74, 6) is 0.103. The van der Waals surface area contributed by atoms with Crippen LogP contribution in [0.1, 0.15) is 49.0 Å². The minimum Gasteiger partial charge on any atom is -0.391 e. The molecule has 0 radical (unpaired) electrons. The van der Waals surface area contributed by atoms with Crippen molar-refractivity contribution in [3.8, 4) is 0 Å². The lowest BCUT2D eigenvalue weighted by molar-refractivity contribution is -0.00324. The van der Waals surface area contributed by atoms with Crippen molar-refractivity contribution >= 4 is 5.78 Å². The molecule has 3 nitrogen and oxygen atoms in total. The van der Waals surface area contributed by atoms with Crippen LogP contribution < -0.4 is 0 Å². The number of fused-ring (bicyclic) bond motifs is 1. The number of aliphatic hydroxyl groups is 1. The topological polar surface area (TPSA) is 46.5 Å². The molecule has 2 rings (SSSR count). The van der Waals surface area contributed by atoms with Crippen LogP contribution in [0.3, 0.4) is 0 Å². The van der Waals surface area contributed by atoms with Gasteiger partial charge in [-0.3, -0.25) is 4.79 Å². The Labute approximate surface area is 121 Å². The molecule has 3 heteroatoms. The normalized spacial score (nSPS) is 20.6. The average molecular weight is 276 g/mol. The molecule has 1 aromatic carbocycles. The van der Waals surface area contributed by atoms with E-state index in [4.69, 9.17) is 4.74 Å². The largest absolute Gasteiger partial charge is 0.391 e. The quantitative estimate of drug-likeness (QED) is 0.841. The monoisotopic (exact) mass is 276 g/mol. The van der Waals surface area contributed by atoms with E-state index in [2.05, 4.69) is 0 Å². The van der Waals surface area contributed by atoms with E-state index in [0.717, 1.165) is 30.4 Å². The molecule has 1 aliphatic rings. The van der Waals surface area contributed by atoms with E-state index in [0.29, 0.717) is 13.0 Å². The van der Waals surface area contributed by atoms with Gasteiger partial charge in [0.15, 0.2) is 5.78 Å². The number of ketones is 1. The molecule has 0 fully saturated rings. The van der Waals surface area contributed by atoms with Gasteiger partial charge in [-0.05, 0) is 45.1 Å². The maximum absolute atomic E-state index is 12.6. The highest BCUT2D eigenvalue weighted by atomic mass is 16.5. The number of hydrogen-bond acceptors (Lipinski definition) is 3. The van der Waals surface area contributed by atoms with E-state index in [9.17, 15) is 9.90 Å². The van der Waals surface area contributed by atoms with Gasteiger partial charge in [0.05, 0.1) is 18.8 Å². The molecule has 20 heavy (non-hydrogen) atoms. The summed E-state index contributed by atoms with van der Waals surface area (Å²) in [7, 11) is 0. The van der Waals surface area contributed by atoms with Crippen molar-refractivity contribution < 1.29 is 14.6 Å². The van der Waals surface area contributed by atoms with E-state index >= 15 is 0 Å². The molecular weight excluding hydrogens is 252 g/mol. The van der Waals surface area contributed by atoms with Gasteiger partial charge in [-0.25, -0.2) is 0 Å². The Morgan fingerprint density at radius 2 is 2.10 bits per heavy atom. The average Bonchev–Trinajstić information content (AvgIpc) is 2.58. The SMILES string of the molecule is CC(C)OCC(O)CC1CCCc2ccccc2C1=O. The Morgan fingerprint density at radius 1 is 1.35 bits per heavy atom. The number of rotatable bonds is 5. The van der Waals surface area contributed by atoms with Crippen LogP contribution in [0.5, 0.6) is 0 Å². The second kappa shape index (κ2) is 7.00. The number of carbonyl (C=O) groups excluding carboxylic acids is 1. The Morgan fingerprint density at radius 3 is 2.85 bits per heavy atom. The predicted molar refractivity (Wildman–Crippen MR) is 78.9 cm³/mol. The summed E-state index contributed by atoms with van der Waals surface area (Å²) in [6.07, 6.45) is 2.86. The number of hydrogen-bond donors (Lipinski definition) is 1. The number of carbonyl (C=O) groups is 1. The van der Waals surface area contributed by atoms with Gasteiger partial charge in [0.2, 0.25) is 0 Å². The molecule has 0 bridgehead atoms. The van der Waals surface area contributed by atoms with Gasteiger partial charge < -0.3 is 9.84 Å². The minimum atomic E-state index is -0.559. The molecule has 0 heterocycles. The van der Waals surface area contributed by atoms with E-state index < -0.39 is 6.10 Å². The summed E-state index contributed by atoms with van der Waals surface area (Å²) in [4.78, 5) is 12.6. The first-order valence-corrected chi connectivity index (χ1v) is 7.49. The van der Waals surface area contributed by atoms with Crippen molar-refractivity contribution in [1.29, 1.82) is 0 Å². The minimum absolute atomic E-state index is 0.0792. The zero-order chi connectivity index (χ0) is 14.5. The Kier molecular flexibility index (Phi) is 5.32. The molecule has 0 aromatic heterocycles. The first kappa shape index (κ1) is 15.2. The van der Waals surface area contributed by atoms with Crippen molar-refractivity contribution in [3.63, 3.8) is 0 Å². The maximum atomic E-state index is 12.6. The van der Waals surface area contributed by atoms with Crippen molar-refractivity contribution in [1.82, 2.24) is 0 Å². The third-order valence-electron chi connectivity index (χ3n) is 3.83. The molecule has 2 atom stereocenters. The molecule has 0 saturated heterocycles. The molecule has 0 amide bonds. The first-order valence-electron chi connectivity index (χ1n) is 7.49. The van der Waals surface area contributed by atoms with Crippen LogP contribution in [-0.4, -0.2) is 29.7 Å². The fraction of sp³-hybridized carbons (Fsp3) is 0.588. The number of Topliss-reactive ketones (excluding diaryl/α,β-unsaturated/α-hetero) is 1. The van der Waals surface area contributed by atoms with Gasteiger partial charge in [0.1, 0.15) is 0 Å². The van der Waals surface area contributed by atoms with Crippen molar-refractivity contribution in [3.05, 3.63) is 35.4 Å². The highest BCUT2D eigenvalue weighted by Gasteiger charge is 2.27.